The lowest BCUT2D eigenvalue weighted by Crippen LogP contribution is -2.46. The van der Waals surface area contributed by atoms with Crippen molar-refractivity contribution in [3.8, 4) is 0 Å². The third-order valence-electron chi connectivity index (χ3n) is 3.26. The summed E-state index contributed by atoms with van der Waals surface area (Å²) in [6.07, 6.45) is 2.09. The van der Waals surface area contributed by atoms with E-state index < -0.39 is 30.7 Å². The van der Waals surface area contributed by atoms with Crippen LogP contribution in [0.3, 0.4) is 0 Å². The van der Waals surface area contributed by atoms with E-state index in [-0.39, 0.29) is 6.54 Å². The van der Waals surface area contributed by atoms with Crippen molar-refractivity contribution >= 4 is 35.4 Å². The molecular formula is C15H15ClFN3O4. The monoisotopic (exact) mass is 355 g/mol. The summed E-state index contributed by atoms with van der Waals surface area (Å²) in [7, 11) is 0. The minimum absolute atomic E-state index is 0.224. The van der Waals surface area contributed by atoms with Gasteiger partial charge in [0, 0.05) is 34.9 Å². The second-order valence-corrected chi connectivity index (χ2v) is 5.49. The molecule has 1 aliphatic rings. The van der Waals surface area contributed by atoms with Crippen molar-refractivity contribution in [2.24, 2.45) is 4.99 Å². The van der Waals surface area contributed by atoms with E-state index in [0.29, 0.717) is 16.3 Å². The van der Waals surface area contributed by atoms with E-state index in [2.05, 4.69) is 10.3 Å². The zero-order valence-corrected chi connectivity index (χ0v) is 13.2. The molecule has 0 bridgehead atoms. The number of nitrogens with zero attached hydrogens (tertiary/aromatic N) is 2. The third-order valence-corrected chi connectivity index (χ3v) is 3.50. The highest BCUT2D eigenvalue weighted by atomic mass is 35.5. The number of carboxylic acids is 2. The Morgan fingerprint density at radius 2 is 2.12 bits per heavy atom. The molecule has 1 aliphatic heterocycles. The zero-order valence-electron chi connectivity index (χ0n) is 12.4. The Morgan fingerprint density at radius 1 is 1.38 bits per heavy atom. The van der Waals surface area contributed by atoms with Gasteiger partial charge in [-0.3, -0.25) is 19.9 Å². The number of rotatable bonds is 7. The Balaban J connectivity index is 2.10. The molecule has 24 heavy (non-hydrogen) atoms. The van der Waals surface area contributed by atoms with Gasteiger partial charge in [0.05, 0.1) is 13.0 Å². The molecule has 0 radical (unpaired) electrons. The van der Waals surface area contributed by atoms with Crippen molar-refractivity contribution in [3.63, 3.8) is 0 Å². The molecule has 1 heterocycles. The first kappa shape index (κ1) is 17.9. The van der Waals surface area contributed by atoms with Crippen LogP contribution in [-0.2, 0) is 9.59 Å². The summed E-state index contributed by atoms with van der Waals surface area (Å²) in [5, 5.41) is 20.3. The normalized spacial score (nSPS) is 15.5. The van der Waals surface area contributed by atoms with Gasteiger partial charge in [0.25, 0.3) is 0 Å². The molecule has 7 nitrogen and oxygen atoms in total. The van der Waals surface area contributed by atoms with Crippen LogP contribution in [0.5, 0.6) is 0 Å². The number of hydrogen-bond donors (Lipinski definition) is 3. The van der Waals surface area contributed by atoms with Crippen molar-refractivity contribution in [2.45, 2.75) is 18.8 Å². The van der Waals surface area contributed by atoms with E-state index in [1.165, 1.54) is 17.3 Å². The Bertz CT molecular complexity index is 695. The summed E-state index contributed by atoms with van der Waals surface area (Å²) in [4.78, 5) is 27.2. The number of nitrogens with one attached hydrogen (secondary N) is 1. The van der Waals surface area contributed by atoms with Gasteiger partial charge in [-0.25, -0.2) is 4.39 Å². The molecule has 3 N–H and O–H groups in total. The molecular weight excluding hydrogens is 341 g/mol. The second kappa shape index (κ2) is 7.89. The number of halogens is 2. The average molecular weight is 356 g/mol. The van der Waals surface area contributed by atoms with E-state index in [1.807, 2.05) is 0 Å². The van der Waals surface area contributed by atoms with E-state index >= 15 is 0 Å². The van der Waals surface area contributed by atoms with Crippen molar-refractivity contribution in [2.75, 3.05) is 11.4 Å². The van der Waals surface area contributed by atoms with Crippen LogP contribution < -0.4 is 10.2 Å². The maximum absolute atomic E-state index is 14.2. The van der Waals surface area contributed by atoms with Gasteiger partial charge in [-0.15, -0.1) is 0 Å². The van der Waals surface area contributed by atoms with Gasteiger partial charge in [0.1, 0.15) is 6.04 Å². The highest BCUT2D eigenvalue weighted by Crippen LogP contribution is 2.25. The number of carboxylic acid groups (broad SMARTS) is 2. The predicted octanol–water partition coefficient (Wildman–Crippen LogP) is 1.86. The third kappa shape index (κ3) is 4.77. The first-order chi connectivity index (χ1) is 11.4. The first-order valence-electron chi connectivity index (χ1n) is 6.97. The molecule has 0 saturated carbocycles. The van der Waals surface area contributed by atoms with E-state index in [1.54, 1.807) is 24.4 Å². The van der Waals surface area contributed by atoms with Gasteiger partial charge in [0.2, 0.25) is 0 Å². The largest absolute Gasteiger partial charge is 0.481 e. The second-order valence-electron chi connectivity index (χ2n) is 5.05. The quantitative estimate of drug-likeness (QED) is 0.645. The SMILES string of the molecule is O=C(O)CC(NC(F)CN1C=CN=Cc2cc(Cl)ccc21)C(=O)O. The van der Waals surface area contributed by atoms with E-state index in [0.717, 1.165) is 0 Å². The van der Waals surface area contributed by atoms with Crippen LogP contribution in [0.2, 0.25) is 5.02 Å². The van der Waals surface area contributed by atoms with Gasteiger partial charge < -0.3 is 15.1 Å². The van der Waals surface area contributed by atoms with Crippen LogP contribution in [0.15, 0.2) is 35.6 Å². The van der Waals surface area contributed by atoms with Crippen LogP contribution in [0.4, 0.5) is 10.1 Å². The van der Waals surface area contributed by atoms with Gasteiger partial charge >= 0.3 is 11.9 Å². The summed E-state index contributed by atoms with van der Waals surface area (Å²) >= 11 is 5.93. The average Bonchev–Trinajstić information content (AvgIpc) is 2.68. The molecule has 2 unspecified atom stereocenters. The standard InChI is InChI=1S/C15H15ClFN3O4/c16-10-1-2-12-9(5-10)7-18-3-4-20(12)8-13(17)19-11(15(23)24)6-14(21)22/h1-5,7,11,13,19H,6,8H2,(H,21,22)(H,23,24). The molecule has 0 aromatic heterocycles. The van der Waals surface area contributed by atoms with Gasteiger partial charge in [-0.2, -0.15) is 0 Å². The molecule has 1 aromatic carbocycles. The van der Waals surface area contributed by atoms with Crippen LogP contribution >= 0.6 is 11.6 Å². The smallest absolute Gasteiger partial charge is 0.321 e. The van der Waals surface area contributed by atoms with Crippen LogP contribution in [0.1, 0.15) is 12.0 Å². The van der Waals surface area contributed by atoms with Crippen molar-refractivity contribution in [1.29, 1.82) is 0 Å². The lowest BCUT2D eigenvalue weighted by molar-refractivity contribution is -0.146. The first-order valence-corrected chi connectivity index (χ1v) is 7.35. The van der Waals surface area contributed by atoms with E-state index in [4.69, 9.17) is 21.8 Å². The number of alkyl halides is 1. The Morgan fingerprint density at radius 3 is 2.79 bits per heavy atom. The highest BCUT2D eigenvalue weighted by molar-refractivity contribution is 6.31. The Hall–Kier alpha value is -2.45. The van der Waals surface area contributed by atoms with E-state index in [9.17, 15) is 14.0 Å². The Kier molecular flexibility index (Phi) is 5.88. The molecule has 1 aromatic rings. The van der Waals surface area contributed by atoms with Gasteiger partial charge in [-0.05, 0) is 18.2 Å². The topological polar surface area (TPSA) is 102 Å². The molecule has 0 amide bonds. The molecule has 2 atom stereocenters. The lowest BCUT2D eigenvalue weighted by atomic mass is 10.1. The summed E-state index contributed by atoms with van der Waals surface area (Å²) in [5.41, 5.74) is 1.33. The molecule has 0 saturated heterocycles. The molecule has 128 valence electrons. The maximum Gasteiger partial charge on any atom is 0.321 e. The van der Waals surface area contributed by atoms with Crippen molar-refractivity contribution in [3.05, 3.63) is 41.2 Å². The maximum atomic E-state index is 14.2. The van der Waals surface area contributed by atoms with Crippen LogP contribution in [-0.4, -0.2) is 47.2 Å². The summed E-state index contributed by atoms with van der Waals surface area (Å²) < 4.78 is 14.2. The summed E-state index contributed by atoms with van der Waals surface area (Å²) in [6.45, 7) is -0.224. The van der Waals surface area contributed by atoms with Crippen molar-refractivity contribution in [1.82, 2.24) is 5.32 Å². The van der Waals surface area contributed by atoms with Gasteiger partial charge in [0.15, 0.2) is 6.30 Å². The fourth-order valence-electron chi connectivity index (χ4n) is 2.21. The van der Waals surface area contributed by atoms with Crippen LogP contribution in [0, 0.1) is 0 Å². The summed E-state index contributed by atoms with van der Waals surface area (Å²) in [5.74, 6) is -2.76. The lowest BCUT2D eigenvalue weighted by Gasteiger charge is -2.25. The number of aliphatic imine (C=N–C) groups is 1. The number of fused-ring (bicyclic) bond motifs is 1. The number of aliphatic carboxylic acids is 2. The van der Waals surface area contributed by atoms with Crippen LogP contribution in [0.25, 0.3) is 0 Å². The number of benzene rings is 1. The predicted molar refractivity (Wildman–Crippen MR) is 87.2 cm³/mol. The minimum Gasteiger partial charge on any atom is -0.481 e. The molecule has 2 rings (SSSR count). The fraction of sp³-hybridized carbons (Fsp3) is 0.267. The molecule has 0 fully saturated rings. The summed E-state index contributed by atoms with van der Waals surface area (Å²) in [6, 6.07) is 3.49. The van der Waals surface area contributed by atoms with Gasteiger partial charge in [-0.1, -0.05) is 11.6 Å². The molecule has 9 heteroatoms. The molecule has 0 spiro atoms. The van der Waals surface area contributed by atoms with Crippen molar-refractivity contribution < 1.29 is 24.2 Å². The fourth-order valence-corrected chi connectivity index (χ4v) is 2.39. The number of carbonyl (C=O) groups is 2. The minimum atomic E-state index is -1.77. The Labute approximate surface area is 142 Å². The zero-order chi connectivity index (χ0) is 17.7. The number of anilines is 1. The number of hydrogen-bond acceptors (Lipinski definition) is 5. The highest BCUT2D eigenvalue weighted by Gasteiger charge is 2.25. The molecule has 0 aliphatic carbocycles.